The molecular formula is C9H17N5. The Morgan fingerprint density at radius 3 is 2.93 bits per heavy atom. The number of piperidine rings is 1. The largest absolute Gasteiger partial charge is 0.368 e. The van der Waals surface area contributed by atoms with Crippen LogP contribution in [-0.2, 0) is 0 Å². The van der Waals surface area contributed by atoms with Gasteiger partial charge in [0.05, 0.1) is 0 Å². The predicted octanol–water partition coefficient (Wildman–Crippen LogP) is 1.01. The van der Waals surface area contributed by atoms with E-state index >= 15 is 0 Å². The molecular weight excluding hydrogens is 178 g/mol. The molecule has 1 aliphatic heterocycles. The van der Waals surface area contributed by atoms with E-state index in [2.05, 4.69) is 33.9 Å². The van der Waals surface area contributed by atoms with E-state index in [1.807, 2.05) is 0 Å². The summed E-state index contributed by atoms with van der Waals surface area (Å²) in [4.78, 5) is 6.38. The summed E-state index contributed by atoms with van der Waals surface area (Å²) in [5, 5.41) is 6.77. The molecule has 0 aliphatic carbocycles. The van der Waals surface area contributed by atoms with E-state index in [0.29, 0.717) is 17.9 Å². The van der Waals surface area contributed by atoms with Gasteiger partial charge in [-0.2, -0.15) is 4.98 Å². The van der Waals surface area contributed by atoms with Crippen molar-refractivity contribution in [1.29, 1.82) is 0 Å². The summed E-state index contributed by atoms with van der Waals surface area (Å²) in [6, 6.07) is 0.499. The van der Waals surface area contributed by atoms with Crippen molar-refractivity contribution in [3.8, 4) is 0 Å². The van der Waals surface area contributed by atoms with Gasteiger partial charge >= 0.3 is 0 Å². The van der Waals surface area contributed by atoms with Gasteiger partial charge in [-0.25, -0.2) is 5.10 Å². The van der Waals surface area contributed by atoms with Crippen LogP contribution in [0.4, 0.5) is 11.9 Å². The van der Waals surface area contributed by atoms with Crippen LogP contribution in [0.25, 0.3) is 0 Å². The van der Waals surface area contributed by atoms with Gasteiger partial charge in [0.1, 0.15) is 0 Å². The second-order valence-corrected chi connectivity index (χ2v) is 4.07. The topological polar surface area (TPSA) is 70.8 Å². The van der Waals surface area contributed by atoms with Crippen LogP contribution in [0, 0.1) is 5.92 Å². The molecule has 0 radical (unpaired) electrons. The first-order valence-corrected chi connectivity index (χ1v) is 5.13. The fourth-order valence-corrected chi connectivity index (χ4v) is 2.01. The van der Waals surface area contributed by atoms with E-state index in [4.69, 9.17) is 5.73 Å². The number of aromatic amines is 1. The first-order valence-electron chi connectivity index (χ1n) is 5.13. The zero-order chi connectivity index (χ0) is 10.1. The highest BCUT2D eigenvalue weighted by atomic mass is 15.4. The molecule has 5 nitrogen and oxygen atoms in total. The average molecular weight is 195 g/mol. The SMILES string of the molecule is CC1CCCN(c2n[nH]c(N)n2)C1C. The Balaban J connectivity index is 2.17. The molecule has 0 saturated carbocycles. The standard InChI is InChI=1S/C9H17N5/c1-6-4-3-5-14(7(6)2)9-11-8(10)12-13-9/h6-7H,3-5H2,1-2H3,(H3,10,11,12,13). The normalized spacial score (nSPS) is 28.0. The molecule has 1 saturated heterocycles. The third-order valence-corrected chi connectivity index (χ3v) is 3.12. The molecule has 0 amide bonds. The van der Waals surface area contributed by atoms with E-state index in [9.17, 15) is 0 Å². The highest BCUT2D eigenvalue weighted by molar-refractivity contribution is 5.35. The molecule has 78 valence electrons. The van der Waals surface area contributed by atoms with Gasteiger partial charge < -0.3 is 10.6 Å². The first-order chi connectivity index (χ1) is 6.68. The van der Waals surface area contributed by atoms with Crippen molar-refractivity contribution in [2.45, 2.75) is 32.7 Å². The summed E-state index contributed by atoms with van der Waals surface area (Å²) < 4.78 is 0. The maximum atomic E-state index is 5.51. The molecule has 1 aliphatic rings. The Bertz CT molecular complexity index is 308. The van der Waals surface area contributed by atoms with Crippen LogP contribution in [0.5, 0.6) is 0 Å². The Morgan fingerprint density at radius 1 is 1.50 bits per heavy atom. The van der Waals surface area contributed by atoms with Crippen LogP contribution in [0.15, 0.2) is 0 Å². The second-order valence-electron chi connectivity index (χ2n) is 4.07. The second kappa shape index (κ2) is 3.48. The quantitative estimate of drug-likeness (QED) is 0.701. The highest BCUT2D eigenvalue weighted by Gasteiger charge is 2.26. The third kappa shape index (κ3) is 1.54. The fourth-order valence-electron chi connectivity index (χ4n) is 2.01. The highest BCUT2D eigenvalue weighted by Crippen LogP contribution is 2.25. The molecule has 0 spiro atoms. The van der Waals surface area contributed by atoms with E-state index in [1.54, 1.807) is 0 Å². The molecule has 3 N–H and O–H groups in total. The van der Waals surface area contributed by atoms with Gasteiger partial charge in [0.15, 0.2) is 0 Å². The monoisotopic (exact) mass is 195 g/mol. The number of nitrogens with two attached hydrogens (primary N) is 1. The zero-order valence-corrected chi connectivity index (χ0v) is 8.70. The lowest BCUT2D eigenvalue weighted by Crippen LogP contribution is -2.43. The number of nitrogen functional groups attached to an aromatic ring is 1. The Hall–Kier alpha value is -1.26. The van der Waals surface area contributed by atoms with E-state index in [-0.39, 0.29) is 0 Å². The lowest BCUT2D eigenvalue weighted by Gasteiger charge is -2.37. The van der Waals surface area contributed by atoms with Crippen molar-refractivity contribution in [2.75, 3.05) is 17.2 Å². The Kier molecular flexibility index (Phi) is 2.31. The van der Waals surface area contributed by atoms with E-state index in [0.717, 1.165) is 12.5 Å². The van der Waals surface area contributed by atoms with Crippen molar-refractivity contribution < 1.29 is 0 Å². The Labute approximate surface area is 83.7 Å². The number of hydrogen-bond donors (Lipinski definition) is 2. The van der Waals surface area contributed by atoms with Crippen LogP contribution in [0.1, 0.15) is 26.7 Å². The number of nitrogens with zero attached hydrogens (tertiary/aromatic N) is 3. The molecule has 2 atom stereocenters. The summed E-state index contributed by atoms with van der Waals surface area (Å²) >= 11 is 0. The van der Waals surface area contributed by atoms with Crippen molar-refractivity contribution >= 4 is 11.9 Å². The number of aromatic nitrogens is 3. The van der Waals surface area contributed by atoms with Crippen molar-refractivity contribution in [1.82, 2.24) is 15.2 Å². The zero-order valence-electron chi connectivity index (χ0n) is 8.70. The van der Waals surface area contributed by atoms with Crippen molar-refractivity contribution in [3.05, 3.63) is 0 Å². The molecule has 2 unspecified atom stereocenters. The maximum Gasteiger partial charge on any atom is 0.246 e. The minimum Gasteiger partial charge on any atom is -0.368 e. The van der Waals surface area contributed by atoms with Gasteiger partial charge in [0.25, 0.3) is 0 Å². The minimum atomic E-state index is 0.394. The number of rotatable bonds is 1. The molecule has 2 heterocycles. The smallest absolute Gasteiger partial charge is 0.246 e. The summed E-state index contributed by atoms with van der Waals surface area (Å²) in [7, 11) is 0. The van der Waals surface area contributed by atoms with E-state index in [1.165, 1.54) is 12.8 Å². The molecule has 1 aromatic heterocycles. The number of nitrogens with one attached hydrogen (secondary N) is 1. The van der Waals surface area contributed by atoms with Gasteiger partial charge in [-0.1, -0.05) is 6.92 Å². The van der Waals surface area contributed by atoms with Crippen LogP contribution in [0.3, 0.4) is 0 Å². The molecule has 14 heavy (non-hydrogen) atoms. The van der Waals surface area contributed by atoms with Gasteiger partial charge in [-0.05, 0) is 25.7 Å². The predicted molar refractivity (Wildman–Crippen MR) is 56.0 cm³/mol. The molecule has 0 bridgehead atoms. The summed E-state index contributed by atoms with van der Waals surface area (Å²) in [5.41, 5.74) is 5.51. The molecule has 0 aromatic carbocycles. The van der Waals surface area contributed by atoms with Crippen molar-refractivity contribution in [3.63, 3.8) is 0 Å². The summed E-state index contributed by atoms with van der Waals surface area (Å²) in [6.45, 7) is 5.52. The lowest BCUT2D eigenvalue weighted by molar-refractivity contribution is 0.359. The van der Waals surface area contributed by atoms with Gasteiger partial charge in [0.2, 0.25) is 11.9 Å². The minimum absolute atomic E-state index is 0.394. The fraction of sp³-hybridized carbons (Fsp3) is 0.778. The van der Waals surface area contributed by atoms with Crippen LogP contribution in [0.2, 0.25) is 0 Å². The summed E-state index contributed by atoms with van der Waals surface area (Å²) in [5.74, 6) is 1.83. The van der Waals surface area contributed by atoms with Crippen LogP contribution < -0.4 is 10.6 Å². The molecule has 5 heteroatoms. The molecule has 1 fully saturated rings. The summed E-state index contributed by atoms with van der Waals surface area (Å²) in [6.07, 6.45) is 2.50. The van der Waals surface area contributed by atoms with Crippen LogP contribution in [-0.4, -0.2) is 27.8 Å². The first kappa shape index (κ1) is 9.30. The third-order valence-electron chi connectivity index (χ3n) is 3.12. The Morgan fingerprint density at radius 2 is 2.29 bits per heavy atom. The average Bonchev–Trinajstić information content (AvgIpc) is 2.57. The number of hydrogen-bond acceptors (Lipinski definition) is 4. The van der Waals surface area contributed by atoms with Gasteiger partial charge in [-0.3, -0.25) is 0 Å². The maximum absolute atomic E-state index is 5.51. The van der Waals surface area contributed by atoms with Gasteiger partial charge in [-0.15, -0.1) is 5.10 Å². The molecule has 2 rings (SSSR count). The lowest BCUT2D eigenvalue weighted by atomic mass is 9.92. The number of H-pyrrole nitrogens is 1. The van der Waals surface area contributed by atoms with Crippen LogP contribution >= 0.6 is 0 Å². The van der Waals surface area contributed by atoms with E-state index < -0.39 is 0 Å². The van der Waals surface area contributed by atoms with Gasteiger partial charge in [0, 0.05) is 12.6 Å². The number of anilines is 2. The van der Waals surface area contributed by atoms with Crippen molar-refractivity contribution in [2.24, 2.45) is 5.92 Å². The molecule has 1 aromatic rings.